The number of thioether (sulfide) groups is 2. The molecule has 0 aromatic heterocycles. The Morgan fingerprint density at radius 1 is 1.19 bits per heavy atom. The van der Waals surface area contributed by atoms with E-state index in [0.29, 0.717) is 16.2 Å². The van der Waals surface area contributed by atoms with E-state index < -0.39 is 6.10 Å². The van der Waals surface area contributed by atoms with Crippen LogP contribution in [0.2, 0.25) is 5.02 Å². The van der Waals surface area contributed by atoms with Crippen molar-refractivity contribution in [3.05, 3.63) is 56.3 Å². The highest BCUT2D eigenvalue weighted by Crippen LogP contribution is 2.42. The highest BCUT2D eigenvalue weighted by Gasteiger charge is 2.31. The Hall–Kier alpha value is -1.17. The summed E-state index contributed by atoms with van der Waals surface area (Å²) in [6.45, 7) is 0. The predicted octanol–water partition coefficient (Wildman–Crippen LogP) is 3.75. The summed E-state index contributed by atoms with van der Waals surface area (Å²) in [4.78, 5) is 23.6. The standard InChI is InChI=1S/C15H11ClO3S2/c16-11-3-1-9(2-4-11)13-10(8-17)7-12(14(18)19-13)15-20-5-6-21-15/h1-4,7-8,13H,5-6H2. The van der Waals surface area contributed by atoms with Gasteiger partial charge in [-0.05, 0) is 23.8 Å². The van der Waals surface area contributed by atoms with Crippen molar-refractivity contribution in [2.75, 3.05) is 11.5 Å². The lowest BCUT2D eigenvalue weighted by molar-refractivity contribution is -0.143. The third-order valence-electron chi connectivity index (χ3n) is 3.14. The van der Waals surface area contributed by atoms with Crippen molar-refractivity contribution < 1.29 is 14.3 Å². The summed E-state index contributed by atoms with van der Waals surface area (Å²) >= 11 is 9.11. The lowest BCUT2D eigenvalue weighted by atomic mass is 9.98. The summed E-state index contributed by atoms with van der Waals surface area (Å²) in [5, 5.41) is 0.596. The van der Waals surface area contributed by atoms with Crippen LogP contribution in [0.3, 0.4) is 0 Å². The smallest absolute Gasteiger partial charge is 0.340 e. The fourth-order valence-electron chi connectivity index (χ4n) is 2.14. The maximum absolute atomic E-state index is 12.2. The second kappa shape index (κ2) is 6.30. The van der Waals surface area contributed by atoms with Gasteiger partial charge in [-0.1, -0.05) is 23.7 Å². The van der Waals surface area contributed by atoms with E-state index in [1.807, 2.05) is 0 Å². The first-order valence-electron chi connectivity index (χ1n) is 6.32. The van der Waals surface area contributed by atoms with Crippen molar-refractivity contribution in [3.8, 4) is 0 Å². The molecular weight excluding hydrogens is 328 g/mol. The van der Waals surface area contributed by atoms with Crippen LogP contribution in [-0.2, 0) is 14.3 Å². The molecule has 0 N–H and O–H groups in total. The minimum absolute atomic E-state index is 0.377. The highest BCUT2D eigenvalue weighted by molar-refractivity contribution is 8.25. The van der Waals surface area contributed by atoms with E-state index in [-0.39, 0.29) is 5.97 Å². The van der Waals surface area contributed by atoms with Gasteiger partial charge < -0.3 is 4.74 Å². The van der Waals surface area contributed by atoms with Crippen molar-refractivity contribution >= 4 is 47.4 Å². The Morgan fingerprint density at radius 2 is 1.86 bits per heavy atom. The molecule has 1 aromatic rings. The molecule has 1 aromatic carbocycles. The van der Waals surface area contributed by atoms with Gasteiger partial charge in [-0.3, -0.25) is 4.79 Å². The predicted molar refractivity (Wildman–Crippen MR) is 86.4 cm³/mol. The van der Waals surface area contributed by atoms with E-state index in [1.165, 1.54) is 0 Å². The maximum Gasteiger partial charge on any atom is 0.340 e. The van der Waals surface area contributed by atoms with Gasteiger partial charge in [0.05, 0.1) is 9.81 Å². The number of hydrogen-bond acceptors (Lipinski definition) is 5. The number of esters is 1. The SMILES string of the molecule is O=CC1=CC(=C2SCCS2)C(=O)OC1c1ccc(Cl)cc1. The lowest BCUT2D eigenvalue weighted by Gasteiger charge is -2.23. The van der Waals surface area contributed by atoms with Crippen LogP contribution >= 0.6 is 35.1 Å². The van der Waals surface area contributed by atoms with Crippen LogP contribution in [0, 0.1) is 0 Å². The van der Waals surface area contributed by atoms with Gasteiger partial charge in [0, 0.05) is 22.1 Å². The van der Waals surface area contributed by atoms with Crippen molar-refractivity contribution in [2.24, 2.45) is 0 Å². The van der Waals surface area contributed by atoms with Gasteiger partial charge in [-0.25, -0.2) is 4.79 Å². The first-order valence-corrected chi connectivity index (χ1v) is 8.67. The molecule has 2 aliphatic rings. The fraction of sp³-hybridized carbons (Fsp3) is 0.200. The van der Waals surface area contributed by atoms with Crippen LogP contribution in [0.1, 0.15) is 11.7 Å². The van der Waals surface area contributed by atoms with Gasteiger partial charge in [0.15, 0.2) is 6.10 Å². The quantitative estimate of drug-likeness (QED) is 0.466. The van der Waals surface area contributed by atoms with E-state index in [4.69, 9.17) is 16.3 Å². The third kappa shape index (κ3) is 3.05. The first-order chi connectivity index (χ1) is 10.2. The van der Waals surface area contributed by atoms with Crippen LogP contribution in [0.5, 0.6) is 0 Å². The average Bonchev–Trinajstić information content (AvgIpc) is 3.02. The maximum atomic E-state index is 12.2. The zero-order valence-electron chi connectivity index (χ0n) is 10.9. The fourth-order valence-corrected chi connectivity index (χ4v) is 4.73. The van der Waals surface area contributed by atoms with Gasteiger partial charge in [0.1, 0.15) is 6.29 Å². The summed E-state index contributed by atoms with van der Waals surface area (Å²) in [6.07, 6.45) is 1.74. The van der Waals surface area contributed by atoms with Crippen LogP contribution in [0.4, 0.5) is 0 Å². The monoisotopic (exact) mass is 338 g/mol. The molecule has 21 heavy (non-hydrogen) atoms. The molecule has 2 aliphatic heterocycles. The Morgan fingerprint density at radius 3 is 2.48 bits per heavy atom. The summed E-state index contributed by atoms with van der Waals surface area (Å²) in [6, 6.07) is 6.94. The van der Waals surface area contributed by atoms with Gasteiger partial charge in [-0.2, -0.15) is 0 Å². The van der Waals surface area contributed by atoms with E-state index >= 15 is 0 Å². The van der Waals surface area contributed by atoms with Crippen LogP contribution < -0.4 is 0 Å². The van der Waals surface area contributed by atoms with Gasteiger partial charge in [-0.15, -0.1) is 23.5 Å². The number of ether oxygens (including phenoxy) is 1. The molecule has 6 heteroatoms. The van der Waals surface area contributed by atoms with Crippen molar-refractivity contribution in [1.82, 2.24) is 0 Å². The van der Waals surface area contributed by atoms with E-state index in [2.05, 4.69) is 0 Å². The summed E-state index contributed by atoms with van der Waals surface area (Å²) in [5.41, 5.74) is 1.68. The second-order valence-electron chi connectivity index (χ2n) is 4.50. The first kappa shape index (κ1) is 14.8. The Labute approximate surface area is 135 Å². The minimum atomic E-state index is -0.659. The number of halogens is 1. The van der Waals surface area contributed by atoms with Gasteiger partial charge in [0.25, 0.3) is 0 Å². The van der Waals surface area contributed by atoms with Crippen molar-refractivity contribution in [2.45, 2.75) is 6.10 Å². The normalized spacial score (nSPS) is 22.0. The molecule has 3 rings (SSSR count). The van der Waals surface area contributed by atoms with E-state index in [9.17, 15) is 9.59 Å². The number of carbonyl (C=O) groups is 2. The molecule has 0 bridgehead atoms. The number of hydrogen-bond donors (Lipinski definition) is 0. The van der Waals surface area contributed by atoms with Crippen LogP contribution in [-0.4, -0.2) is 23.8 Å². The summed E-state index contributed by atoms with van der Waals surface area (Å²) in [7, 11) is 0. The number of benzene rings is 1. The largest absolute Gasteiger partial charge is 0.449 e. The molecule has 0 spiro atoms. The second-order valence-corrected chi connectivity index (χ2v) is 7.40. The van der Waals surface area contributed by atoms with E-state index in [0.717, 1.165) is 27.6 Å². The van der Waals surface area contributed by atoms with Crippen LogP contribution in [0.25, 0.3) is 0 Å². The Balaban J connectivity index is 1.99. The molecule has 0 radical (unpaired) electrons. The molecule has 0 saturated carbocycles. The Bertz CT molecular complexity index is 641. The molecule has 1 atom stereocenters. The Kier molecular flexibility index (Phi) is 4.42. The number of rotatable bonds is 2. The topological polar surface area (TPSA) is 43.4 Å². The van der Waals surface area contributed by atoms with Gasteiger partial charge >= 0.3 is 5.97 Å². The average molecular weight is 339 g/mol. The summed E-state index contributed by atoms with van der Waals surface area (Å²) in [5.74, 6) is 1.57. The molecule has 2 heterocycles. The van der Waals surface area contributed by atoms with Gasteiger partial charge in [0.2, 0.25) is 0 Å². The molecular formula is C15H11ClO3S2. The molecule has 0 aliphatic carbocycles. The molecule has 1 fully saturated rings. The number of carbonyl (C=O) groups excluding carboxylic acids is 2. The molecule has 3 nitrogen and oxygen atoms in total. The third-order valence-corrected chi connectivity index (χ3v) is 6.14. The van der Waals surface area contributed by atoms with Crippen molar-refractivity contribution in [3.63, 3.8) is 0 Å². The zero-order chi connectivity index (χ0) is 14.8. The number of aldehydes is 1. The molecule has 1 saturated heterocycles. The highest BCUT2D eigenvalue weighted by atomic mass is 35.5. The zero-order valence-corrected chi connectivity index (χ0v) is 13.3. The van der Waals surface area contributed by atoms with Crippen molar-refractivity contribution in [1.29, 1.82) is 0 Å². The molecule has 108 valence electrons. The molecule has 1 unspecified atom stereocenters. The molecule has 0 amide bonds. The van der Waals surface area contributed by atoms with E-state index in [1.54, 1.807) is 53.9 Å². The minimum Gasteiger partial charge on any atom is -0.449 e. The summed E-state index contributed by atoms with van der Waals surface area (Å²) < 4.78 is 6.41. The number of cyclic esters (lactones) is 1. The van der Waals surface area contributed by atoms with Crippen LogP contribution in [0.15, 0.2) is 45.7 Å². The lowest BCUT2D eigenvalue weighted by Crippen LogP contribution is -2.21.